The molecule has 78 valence electrons. The molecule has 0 spiro atoms. The van der Waals surface area contributed by atoms with Crippen LogP contribution in [-0.2, 0) is 0 Å². The van der Waals surface area contributed by atoms with Crippen LogP contribution in [0.25, 0.3) is 0 Å². The van der Waals surface area contributed by atoms with Gasteiger partial charge in [0.05, 0.1) is 0 Å². The van der Waals surface area contributed by atoms with E-state index in [9.17, 15) is 0 Å². The first-order valence-electron chi connectivity index (χ1n) is 5.79. The molecule has 0 aliphatic carbocycles. The van der Waals surface area contributed by atoms with Gasteiger partial charge in [-0.2, -0.15) is 0 Å². The van der Waals surface area contributed by atoms with E-state index in [0.717, 1.165) is 0 Å². The first kappa shape index (κ1) is 11.0. The Kier molecular flexibility index (Phi) is 4.24. The Balaban J connectivity index is 2.40. The van der Waals surface area contributed by atoms with E-state index in [-0.39, 0.29) is 0 Å². The first-order valence-corrected chi connectivity index (χ1v) is 5.79. The molecule has 0 bridgehead atoms. The van der Waals surface area contributed by atoms with Gasteiger partial charge in [0.2, 0.25) is 0 Å². The molecule has 1 aliphatic heterocycles. The van der Waals surface area contributed by atoms with Crippen molar-refractivity contribution < 1.29 is 0 Å². The molecule has 0 atom stereocenters. The zero-order chi connectivity index (χ0) is 9.73. The van der Waals surface area contributed by atoms with Gasteiger partial charge >= 0.3 is 0 Å². The maximum Gasteiger partial charge on any atom is 0.00296 e. The van der Waals surface area contributed by atoms with Gasteiger partial charge in [-0.05, 0) is 31.8 Å². The summed E-state index contributed by atoms with van der Waals surface area (Å²) in [7, 11) is 2.27. The minimum atomic E-state index is 0.534. The molecule has 0 aromatic carbocycles. The highest BCUT2D eigenvalue weighted by Crippen LogP contribution is 2.26. The summed E-state index contributed by atoms with van der Waals surface area (Å²) in [4.78, 5) is 2.51. The third-order valence-corrected chi connectivity index (χ3v) is 3.09. The molecule has 1 fully saturated rings. The van der Waals surface area contributed by atoms with Crippen molar-refractivity contribution in [1.82, 2.24) is 4.90 Å². The second-order valence-electron chi connectivity index (χ2n) is 5.42. The van der Waals surface area contributed by atoms with E-state index in [1.807, 2.05) is 0 Å². The zero-order valence-electron chi connectivity index (χ0n) is 9.60. The molecule has 0 unspecified atom stereocenters. The van der Waals surface area contributed by atoms with Crippen LogP contribution in [-0.4, -0.2) is 25.0 Å². The van der Waals surface area contributed by atoms with Crippen molar-refractivity contribution in [2.75, 3.05) is 20.1 Å². The van der Waals surface area contributed by atoms with E-state index in [1.54, 1.807) is 0 Å². The predicted molar refractivity (Wildman–Crippen MR) is 59.0 cm³/mol. The molecular weight excluding hydrogens is 158 g/mol. The normalized spacial score (nSPS) is 27.0. The van der Waals surface area contributed by atoms with Crippen molar-refractivity contribution in [3.8, 4) is 0 Å². The van der Waals surface area contributed by atoms with E-state index < -0.39 is 0 Å². The van der Waals surface area contributed by atoms with Gasteiger partial charge in [0.1, 0.15) is 0 Å². The molecule has 13 heavy (non-hydrogen) atoms. The van der Waals surface area contributed by atoms with Gasteiger partial charge in [-0.3, -0.25) is 0 Å². The first-order chi connectivity index (χ1) is 6.10. The maximum atomic E-state index is 2.51. The van der Waals surface area contributed by atoms with Gasteiger partial charge in [0, 0.05) is 6.54 Å². The summed E-state index contributed by atoms with van der Waals surface area (Å²) in [5.41, 5.74) is 0.534. The Hall–Kier alpha value is -0.0400. The summed E-state index contributed by atoms with van der Waals surface area (Å²) in [5.74, 6) is 0. The lowest BCUT2D eigenvalue weighted by Crippen LogP contribution is -2.32. The average Bonchev–Trinajstić information content (AvgIpc) is 2.01. The van der Waals surface area contributed by atoms with Crippen LogP contribution in [0, 0.1) is 5.41 Å². The van der Waals surface area contributed by atoms with Crippen LogP contribution in [0.5, 0.6) is 0 Å². The van der Waals surface area contributed by atoms with Crippen molar-refractivity contribution in [3.05, 3.63) is 0 Å². The van der Waals surface area contributed by atoms with Crippen LogP contribution in [0.3, 0.4) is 0 Å². The maximum absolute atomic E-state index is 2.51. The van der Waals surface area contributed by atoms with Gasteiger partial charge in [-0.25, -0.2) is 0 Å². The molecule has 1 aliphatic rings. The van der Waals surface area contributed by atoms with Gasteiger partial charge in [0.15, 0.2) is 0 Å². The van der Waals surface area contributed by atoms with Crippen LogP contribution < -0.4 is 0 Å². The van der Waals surface area contributed by atoms with Gasteiger partial charge in [0.25, 0.3) is 0 Å². The summed E-state index contributed by atoms with van der Waals surface area (Å²) in [6, 6.07) is 0. The molecule has 0 N–H and O–H groups in total. The lowest BCUT2D eigenvalue weighted by atomic mass is 9.85. The highest BCUT2D eigenvalue weighted by Gasteiger charge is 2.19. The van der Waals surface area contributed by atoms with E-state index in [2.05, 4.69) is 25.8 Å². The second kappa shape index (κ2) is 4.99. The third kappa shape index (κ3) is 4.66. The van der Waals surface area contributed by atoms with Gasteiger partial charge in [-0.1, -0.05) is 39.5 Å². The highest BCUT2D eigenvalue weighted by atomic mass is 15.1. The SMILES string of the molecule is CN1CCCCCCCC(C)(C)C1. The van der Waals surface area contributed by atoms with E-state index in [4.69, 9.17) is 0 Å². The quantitative estimate of drug-likeness (QED) is 0.557. The molecule has 0 aromatic heterocycles. The molecule has 0 aromatic rings. The molecule has 1 heteroatoms. The van der Waals surface area contributed by atoms with Crippen molar-refractivity contribution in [2.24, 2.45) is 5.41 Å². The highest BCUT2D eigenvalue weighted by molar-refractivity contribution is 4.73. The molecular formula is C12H25N. The molecule has 1 nitrogen and oxygen atoms in total. The minimum absolute atomic E-state index is 0.534. The molecule has 1 rings (SSSR count). The monoisotopic (exact) mass is 183 g/mol. The smallest absolute Gasteiger partial charge is 0.00296 e. The fourth-order valence-corrected chi connectivity index (χ4v) is 2.40. The van der Waals surface area contributed by atoms with Crippen LogP contribution in [0.4, 0.5) is 0 Å². The van der Waals surface area contributed by atoms with Crippen LogP contribution in [0.2, 0.25) is 0 Å². The largest absolute Gasteiger partial charge is 0.306 e. The van der Waals surface area contributed by atoms with E-state index in [1.165, 1.54) is 51.6 Å². The van der Waals surface area contributed by atoms with Crippen LogP contribution in [0.1, 0.15) is 52.4 Å². The Morgan fingerprint density at radius 3 is 2.31 bits per heavy atom. The Labute approximate surface area is 83.5 Å². The molecule has 0 saturated carbocycles. The van der Waals surface area contributed by atoms with Crippen LogP contribution in [0.15, 0.2) is 0 Å². The molecule has 0 radical (unpaired) electrons. The zero-order valence-corrected chi connectivity index (χ0v) is 9.60. The van der Waals surface area contributed by atoms with Crippen molar-refractivity contribution >= 4 is 0 Å². The fourth-order valence-electron chi connectivity index (χ4n) is 2.40. The number of nitrogens with zero attached hydrogens (tertiary/aromatic N) is 1. The third-order valence-electron chi connectivity index (χ3n) is 3.09. The molecule has 0 amide bonds. The van der Waals surface area contributed by atoms with E-state index >= 15 is 0 Å². The summed E-state index contributed by atoms with van der Waals surface area (Å²) < 4.78 is 0. The molecule has 1 saturated heterocycles. The average molecular weight is 183 g/mol. The summed E-state index contributed by atoms with van der Waals surface area (Å²) in [6.45, 7) is 7.38. The van der Waals surface area contributed by atoms with Crippen molar-refractivity contribution in [3.63, 3.8) is 0 Å². The Morgan fingerprint density at radius 2 is 1.54 bits per heavy atom. The fraction of sp³-hybridized carbons (Fsp3) is 1.00. The standard InChI is InChI=1S/C12H25N/c1-12(2)9-7-5-4-6-8-10-13(3)11-12/h4-11H2,1-3H3. The lowest BCUT2D eigenvalue weighted by molar-refractivity contribution is 0.185. The summed E-state index contributed by atoms with van der Waals surface area (Å²) >= 11 is 0. The topological polar surface area (TPSA) is 3.24 Å². The lowest BCUT2D eigenvalue weighted by Gasteiger charge is -2.31. The number of rotatable bonds is 0. The van der Waals surface area contributed by atoms with Gasteiger partial charge in [-0.15, -0.1) is 0 Å². The Morgan fingerprint density at radius 1 is 0.923 bits per heavy atom. The van der Waals surface area contributed by atoms with E-state index in [0.29, 0.717) is 5.41 Å². The summed E-state index contributed by atoms with van der Waals surface area (Å²) in [6.07, 6.45) is 8.56. The summed E-state index contributed by atoms with van der Waals surface area (Å²) in [5, 5.41) is 0. The second-order valence-corrected chi connectivity index (χ2v) is 5.42. The van der Waals surface area contributed by atoms with Gasteiger partial charge < -0.3 is 4.90 Å². The number of hydrogen-bond acceptors (Lipinski definition) is 1. The van der Waals surface area contributed by atoms with Crippen molar-refractivity contribution in [2.45, 2.75) is 52.4 Å². The minimum Gasteiger partial charge on any atom is -0.306 e. The van der Waals surface area contributed by atoms with Crippen LogP contribution >= 0.6 is 0 Å². The predicted octanol–water partition coefficient (Wildman–Crippen LogP) is 3.30. The Bertz CT molecular complexity index is 140. The molecule has 1 heterocycles. The number of hydrogen-bond donors (Lipinski definition) is 0. The van der Waals surface area contributed by atoms with Crippen molar-refractivity contribution in [1.29, 1.82) is 0 Å².